The highest BCUT2D eigenvalue weighted by Crippen LogP contribution is 2.30. The van der Waals surface area contributed by atoms with E-state index in [1.165, 1.54) is 21.3 Å². The number of rotatable bonds is 35. The van der Waals surface area contributed by atoms with Crippen molar-refractivity contribution < 1.29 is 67.1 Å². The summed E-state index contributed by atoms with van der Waals surface area (Å²) < 4.78 is 33.5. The number of benzene rings is 1. The number of nitrogens with one attached hydrogen (secondary N) is 3. The maximum Gasteiger partial charge on any atom is 0.328 e. The van der Waals surface area contributed by atoms with Gasteiger partial charge in [0, 0.05) is 60.7 Å². The molecule has 0 radical (unpaired) electrons. The van der Waals surface area contributed by atoms with E-state index in [2.05, 4.69) is 16.0 Å². The third-order valence-corrected chi connectivity index (χ3v) is 13.7. The number of aliphatic hydroxyl groups is 1. The summed E-state index contributed by atoms with van der Waals surface area (Å²) in [4.78, 5) is 97.3. The van der Waals surface area contributed by atoms with E-state index in [1.54, 1.807) is 23.8 Å². The van der Waals surface area contributed by atoms with Crippen molar-refractivity contribution in [1.82, 2.24) is 25.8 Å². The summed E-state index contributed by atoms with van der Waals surface area (Å²) in [5.41, 5.74) is 6.92. The summed E-state index contributed by atoms with van der Waals surface area (Å²) in [7, 11) is 6.09. The number of methoxy groups -OCH3 is 3. The van der Waals surface area contributed by atoms with Crippen molar-refractivity contribution in [3.05, 3.63) is 35.9 Å². The number of carbonyl (C=O) groups excluding carboxylic acids is 7. The van der Waals surface area contributed by atoms with Gasteiger partial charge < -0.3 is 65.0 Å². The zero-order valence-corrected chi connectivity index (χ0v) is 45.7. The lowest BCUT2D eigenvalue weighted by Gasteiger charge is -2.41. The third kappa shape index (κ3) is 21.2. The van der Waals surface area contributed by atoms with Crippen molar-refractivity contribution in [2.45, 2.75) is 174 Å². The van der Waals surface area contributed by atoms with Crippen LogP contribution in [0, 0.1) is 23.7 Å². The Labute approximate surface area is 434 Å². The van der Waals surface area contributed by atoms with Crippen LogP contribution in [0.2, 0.25) is 0 Å². The lowest BCUT2D eigenvalue weighted by atomic mass is 9.89. The fourth-order valence-electron chi connectivity index (χ4n) is 8.87. The van der Waals surface area contributed by atoms with Crippen LogP contribution in [-0.2, 0) is 68.4 Å². The highest BCUT2D eigenvalue weighted by Gasteiger charge is 2.43. The highest BCUT2D eigenvalue weighted by molar-refractivity contribution is 5.90. The molecular weight excluding hydrogens is 945 g/mol. The molecular formula is C53H90N6O14. The zero-order chi connectivity index (χ0) is 54.8. The minimum atomic E-state index is -1.06. The number of likely N-dealkylation sites (N-methyl/N-ethyl adjacent to an activating group) is 1. The van der Waals surface area contributed by atoms with Crippen molar-refractivity contribution in [3.8, 4) is 0 Å². The molecule has 0 bridgehead atoms. The van der Waals surface area contributed by atoms with Crippen molar-refractivity contribution in [2.24, 2.45) is 29.4 Å². The van der Waals surface area contributed by atoms with Crippen LogP contribution in [0.15, 0.2) is 30.3 Å². The molecule has 1 aliphatic rings. The Balaban J connectivity index is 2.08. The Hall–Kier alpha value is -4.73. The van der Waals surface area contributed by atoms with Gasteiger partial charge >= 0.3 is 11.9 Å². The summed E-state index contributed by atoms with van der Waals surface area (Å²) in [6.07, 6.45) is 0.461. The van der Waals surface area contributed by atoms with E-state index in [9.17, 15) is 38.7 Å². The van der Waals surface area contributed by atoms with Gasteiger partial charge in [0.25, 0.3) is 0 Å². The molecule has 1 fully saturated rings. The van der Waals surface area contributed by atoms with Crippen LogP contribution in [0.5, 0.6) is 0 Å². The first kappa shape index (κ1) is 64.4. The number of amides is 5. The van der Waals surface area contributed by atoms with E-state index in [4.69, 9.17) is 34.2 Å². The molecule has 5 amide bonds. The molecule has 0 aliphatic carbocycles. The van der Waals surface area contributed by atoms with Gasteiger partial charge in [-0.15, -0.1) is 0 Å². The SMILES string of the molecule is CCC(CO)OC(COC(=O)CCCC(=O)NCCCOC(=O)[C@H](Cc1ccccc1)NC(=O)[C@H](C)[C@@H](OC)[C@@H]1CCCN1C(=O)C[C@@H](OC)[C@H]([C@@H](C)CC)N(C)C(=O)[C@@H](NC(=O)[C@@H](N)C(C)C)C(C)C)OC. The first-order valence-corrected chi connectivity index (χ1v) is 26.1. The molecule has 1 aromatic rings. The molecule has 1 saturated heterocycles. The van der Waals surface area contributed by atoms with Crippen LogP contribution in [0.25, 0.3) is 0 Å². The normalized spacial score (nSPS) is 17.8. The topological polar surface area (TPSA) is 264 Å². The second-order valence-electron chi connectivity index (χ2n) is 19.8. The van der Waals surface area contributed by atoms with Gasteiger partial charge in [-0.25, -0.2) is 4.79 Å². The van der Waals surface area contributed by atoms with E-state index in [0.29, 0.717) is 38.6 Å². The van der Waals surface area contributed by atoms with Crippen molar-refractivity contribution in [2.75, 3.05) is 61.3 Å². The maximum atomic E-state index is 14.4. The fraction of sp³-hybridized carbons (Fsp3) is 0.755. The Kier molecular flexibility index (Phi) is 30.0. The quantitative estimate of drug-likeness (QED) is 0.0371. The molecule has 0 aromatic heterocycles. The number of aliphatic hydroxyl groups excluding tert-OH is 1. The van der Waals surface area contributed by atoms with Crippen molar-refractivity contribution in [3.63, 3.8) is 0 Å². The molecule has 11 atom stereocenters. The highest BCUT2D eigenvalue weighted by atomic mass is 16.7. The summed E-state index contributed by atoms with van der Waals surface area (Å²) >= 11 is 0. The second-order valence-corrected chi connectivity index (χ2v) is 19.8. The molecule has 6 N–H and O–H groups in total. The molecule has 0 spiro atoms. The predicted molar refractivity (Wildman–Crippen MR) is 274 cm³/mol. The molecule has 20 heteroatoms. The van der Waals surface area contributed by atoms with Gasteiger partial charge in [-0.3, -0.25) is 28.8 Å². The van der Waals surface area contributed by atoms with Crippen molar-refractivity contribution >= 4 is 41.5 Å². The Bertz CT molecular complexity index is 1840. The van der Waals surface area contributed by atoms with Crippen LogP contribution < -0.4 is 21.7 Å². The molecule has 1 aromatic carbocycles. The Morgan fingerprint density at radius 3 is 2.11 bits per heavy atom. The van der Waals surface area contributed by atoms with Gasteiger partial charge in [-0.1, -0.05) is 92.1 Å². The number of likely N-dealkylation sites (tertiary alicyclic amines) is 1. The number of nitrogens with two attached hydrogens (primary N) is 1. The molecule has 416 valence electrons. The summed E-state index contributed by atoms with van der Waals surface area (Å²) in [5.74, 6) is -4.16. The summed E-state index contributed by atoms with van der Waals surface area (Å²) in [6, 6.07) is 5.48. The summed E-state index contributed by atoms with van der Waals surface area (Å²) in [5, 5.41) is 17.8. The second kappa shape index (κ2) is 34.0. The molecule has 1 heterocycles. The van der Waals surface area contributed by atoms with E-state index >= 15 is 0 Å². The molecule has 2 unspecified atom stereocenters. The van der Waals surface area contributed by atoms with Gasteiger partial charge in [0.1, 0.15) is 18.7 Å². The fourth-order valence-corrected chi connectivity index (χ4v) is 8.87. The Morgan fingerprint density at radius 1 is 0.849 bits per heavy atom. The lowest BCUT2D eigenvalue weighted by molar-refractivity contribution is -0.194. The van der Waals surface area contributed by atoms with E-state index < -0.39 is 84.5 Å². The lowest BCUT2D eigenvalue weighted by Crippen LogP contribution is -2.59. The van der Waals surface area contributed by atoms with Gasteiger partial charge in [0.05, 0.1) is 62.0 Å². The summed E-state index contributed by atoms with van der Waals surface area (Å²) in [6.45, 7) is 15.2. The predicted octanol–water partition coefficient (Wildman–Crippen LogP) is 3.28. The minimum Gasteiger partial charge on any atom is -0.464 e. The first-order chi connectivity index (χ1) is 34.7. The van der Waals surface area contributed by atoms with Gasteiger partial charge in [-0.05, 0) is 55.4 Å². The van der Waals surface area contributed by atoms with Crippen LogP contribution in [-0.4, -0.2) is 172 Å². The number of hydrogen-bond donors (Lipinski definition) is 5. The number of hydrogen-bond acceptors (Lipinski definition) is 15. The smallest absolute Gasteiger partial charge is 0.328 e. The number of ether oxygens (including phenoxy) is 6. The average Bonchev–Trinajstić information content (AvgIpc) is 3.86. The molecule has 73 heavy (non-hydrogen) atoms. The van der Waals surface area contributed by atoms with E-state index in [-0.39, 0.29) is 93.9 Å². The Morgan fingerprint density at radius 2 is 1.53 bits per heavy atom. The average molecular weight is 1040 g/mol. The first-order valence-electron chi connectivity index (χ1n) is 26.1. The third-order valence-electron chi connectivity index (χ3n) is 13.7. The van der Waals surface area contributed by atoms with Crippen LogP contribution in [0.4, 0.5) is 0 Å². The maximum absolute atomic E-state index is 14.4. The number of nitrogens with zero attached hydrogens (tertiary/aromatic N) is 2. The number of carbonyl (C=O) groups is 7. The molecule has 0 saturated carbocycles. The van der Waals surface area contributed by atoms with Crippen LogP contribution >= 0.6 is 0 Å². The van der Waals surface area contributed by atoms with Gasteiger partial charge in [0.2, 0.25) is 29.5 Å². The zero-order valence-electron chi connectivity index (χ0n) is 45.7. The van der Waals surface area contributed by atoms with E-state index in [1.807, 2.05) is 78.8 Å². The molecule has 1 aliphatic heterocycles. The largest absolute Gasteiger partial charge is 0.464 e. The number of esters is 2. The standard InChI is InChI=1S/C53H90N6O14/c1-13-35(7)48(58(9)52(66)47(34(5)6)57-51(65)46(54)33(3)4)41(68-10)30-43(62)59-27-19-23-40(59)49(70-12)36(8)50(64)56-39(29-37-21-16-15-17-22-37)53(67)71-28-20-26-55-42(61)24-18-25-44(63)72-32-45(69-11)73-38(14-2)31-60/h15-17,21-22,33-36,38-41,45-49,60H,13-14,18-20,23-32,54H2,1-12H3,(H,55,61)(H,56,64)(H,57,65)/t35-,36+,38?,39-,40-,41+,45?,46-,47-,48-,49+/m0/s1. The van der Waals surface area contributed by atoms with Crippen LogP contribution in [0.1, 0.15) is 119 Å². The van der Waals surface area contributed by atoms with Crippen molar-refractivity contribution in [1.29, 1.82) is 0 Å². The van der Waals surface area contributed by atoms with Gasteiger partial charge in [-0.2, -0.15) is 0 Å². The minimum absolute atomic E-state index is 0.00336. The molecule has 20 nitrogen and oxygen atoms in total. The van der Waals surface area contributed by atoms with Crippen LogP contribution in [0.3, 0.4) is 0 Å². The van der Waals surface area contributed by atoms with Gasteiger partial charge in [0.15, 0.2) is 6.29 Å². The molecule has 2 rings (SSSR count). The monoisotopic (exact) mass is 1030 g/mol. The van der Waals surface area contributed by atoms with E-state index in [0.717, 1.165) is 5.56 Å².